The first-order chi connectivity index (χ1) is 39.8. The number of nitrogens with zero attached hydrogens (tertiary/aromatic N) is 3. The number of nitrogens with one attached hydrogen (secondary N) is 1. The molecule has 0 saturated carbocycles. The largest absolute Gasteiger partial charge is 0.356 e. The molecule has 0 bridgehead atoms. The normalized spacial score (nSPS) is 14.9. The van der Waals surface area contributed by atoms with Crippen molar-refractivity contribution in [3.8, 4) is 22.3 Å². The van der Waals surface area contributed by atoms with Crippen LogP contribution in [0.5, 0.6) is 0 Å². The topological polar surface area (TPSA) is 21.8 Å². The monoisotopic (exact) mass is 1040 g/mol. The number of para-hydroxylation sites is 3. The van der Waals surface area contributed by atoms with E-state index in [0.29, 0.717) is 0 Å². The van der Waals surface area contributed by atoms with Gasteiger partial charge in [-0.2, -0.15) is 0 Å². The number of hydrogen-bond acceptors (Lipinski definition) is 4. The van der Waals surface area contributed by atoms with Crippen molar-refractivity contribution < 1.29 is 0 Å². The molecule has 1 unspecified atom stereocenters. The van der Waals surface area contributed by atoms with Gasteiger partial charge < -0.3 is 20.0 Å². The van der Waals surface area contributed by atoms with Gasteiger partial charge in [0.1, 0.15) is 0 Å². The van der Waals surface area contributed by atoms with Crippen molar-refractivity contribution >= 4 is 56.9 Å². The lowest BCUT2D eigenvalue weighted by molar-refractivity contribution is 0.793. The molecule has 0 aliphatic heterocycles. The third-order valence-electron chi connectivity index (χ3n) is 16.1. The SMILES string of the molecule is C1=CCC=C1.CC1=CCC(N(c2ccccc2)c2ccc3c(c2)C2(c4cc(Nc5cccc(C)c5)ccc4-c4ccc(N(c5ccccc5)c5cccc(C)c5)cc42)c2cc(N(c4ccccc4)c4cccc(C)c4)ccc2-3)=CC=C1. The van der Waals surface area contributed by atoms with Gasteiger partial charge in [-0.25, -0.2) is 0 Å². The van der Waals surface area contributed by atoms with E-state index < -0.39 is 5.41 Å². The van der Waals surface area contributed by atoms with Gasteiger partial charge in [-0.15, -0.1) is 0 Å². The van der Waals surface area contributed by atoms with E-state index in [9.17, 15) is 0 Å². The molecule has 1 atom stereocenters. The third kappa shape index (κ3) is 9.59. The van der Waals surface area contributed by atoms with Crippen LogP contribution in [0.4, 0.5) is 56.9 Å². The summed E-state index contributed by atoms with van der Waals surface area (Å²) in [4.78, 5) is 7.31. The maximum Gasteiger partial charge on any atom is 0.0728 e. The molecule has 0 aromatic heterocycles. The second-order valence-corrected chi connectivity index (χ2v) is 21.6. The van der Waals surface area contributed by atoms with Gasteiger partial charge in [0.2, 0.25) is 0 Å². The molecule has 0 heterocycles. The molecule has 1 spiro atoms. The Morgan fingerprint density at radius 2 is 0.753 bits per heavy atom. The van der Waals surface area contributed by atoms with Gasteiger partial charge in [-0.05, 0) is 223 Å². The van der Waals surface area contributed by atoms with Crippen LogP contribution in [0.3, 0.4) is 0 Å². The molecule has 4 heteroatoms. The third-order valence-corrected chi connectivity index (χ3v) is 16.1. The Bertz CT molecular complexity index is 4030. The summed E-state index contributed by atoms with van der Waals surface area (Å²) in [5, 5.41) is 3.87. The maximum absolute atomic E-state index is 3.87. The van der Waals surface area contributed by atoms with Gasteiger partial charge in [-0.3, -0.25) is 0 Å². The molecule has 4 aliphatic rings. The fourth-order valence-corrected chi connectivity index (χ4v) is 12.5. The number of rotatable bonds is 11. The molecule has 0 saturated heterocycles. The summed E-state index contributed by atoms with van der Waals surface area (Å²) in [6.45, 7) is 8.70. The van der Waals surface area contributed by atoms with E-state index >= 15 is 0 Å². The highest BCUT2D eigenvalue weighted by Crippen LogP contribution is 2.65. The Hall–Kier alpha value is -9.90. The van der Waals surface area contributed by atoms with Gasteiger partial charge in [-0.1, -0.05) is 163 Å². The summed E-state index contributed by atoms with van der Waals surface area (Å²) in [5.41, 5.74) is 26.2. The summed E-state index contributed by atoms with van der Waals surface area (Å²) in [5.74, 6) is 0. The van der Waals surface area contributed by atoms with Crippen LogP contribution in [-0.4, -0.2) is 0 Å². The number of benzene rings is 10. The summed E-state index contributed by atoms with van der Waals surface area (Å²) in [6.07, 6.45) is 19.3. The van der Waals surface area contributed by atoms with Crippen LogP contribution in [-0.2, 0) is 5.41 Å². The average Bonchev–Trinajstić information content (AvgIpc) is 1.95. The highest BCUT2D eigenvalue weighted by molar-refractivity contribution is 5.99. The number of fused-ring (bicyclic) bond motifs is 10. The van der Waals surface area contributed by atoms with Gasteiger partial charge in [0.25, 0.3) is 0 Å². The number of anilines is 10. The average molecular weight is 1050 g/mol. The van der Waals surface area contributed by atoms with E-state index in [1.807, 2.05) is 0 Å². The van der Waals surface area contributed by atoms with E-state index in [-0.39, 0.29) is 0 Å². The second kappa shape index (κ2) is 21.7. The van der Waals surface area contributed by atoms with Gasteiger partial charge >= 0.3 is 0 Å². The molecule has 1 N–H and O–H groups in total. The van der Waals surface area contributed by atoms with Crippen LogP contribution in [0.2, 0.25) is 0 Å². The van der Waals surface area contributed by atoms with Crippen LogP contribution in [0.15, 0.2) is 296 Å². The van der Waals surface area contributed by atoms with Crippen molar-refractivity contribution in [2.45, 2.75) is 46.0 Å². The second-order valence-electron chi connectivity index (χ2n) is 21.6. The van der Waals surface area contributed by atoms with E-state index in [0.717, 1.165) is 69.7 Å². The molecule has 10 aromatic rings. The molecule has 10 aromatic carbocycles. The molecular weight excluding hydrogens is 981 g/mol. The fraction of sp³-hybridized carbons (Fsp3) is 0.0909. The fourth-order valence-electron chi connectivity index (χ4n) is 12.5. The minimum Gasteiger partial charge on any atom is -0.356 e. The van der Waals surface area contributed by atoms with E-state index in [1.165, 1.54) is 72.5 Å². The molecule has 14 rings (SSSR count). The summed E-state index contributed by atoms with van der Waals surface area (Å²) in [7, 11) is 0. The lowest BCUT2D eigenvalue weighted by Gasteiger charge is -2.34. The zero-order valence-corrected chi connectivity index (χ0v) is 46.4. The lowest BCUT2D eigenvalue weighted by Crippen LogP contribution is -2.27. The minimum atomic E-state index is -0.776. The molecule has 0 fully saturated rings. The minimum absolute atomic E-state index is 0.776. The molecule has 0 radical (unpaired) electrons. The van der Waals surface area contributed by atoms with Gasteiger partial charge in [0.05, 0.1) is 5.41 Å². The molecular formula is C77H64N4. The van der Waals surface area contributed by atoms with Gasteiger partial charge in [0, 0.05) is 69.0 Å². The Morgan fingerprint density at radius 3 is 1.22 bits per heavy atom. The summed E-state index contributed by atoms with van der Waals surface area (Å²) >= 11 is 0. The maximum atomic E-state index is 3.87. The smallest absolute Gasteiger partial charge is 0.0728 e. The summed E-state index contributed by atoms with van der Waals surface area (Å²) in [6, 6.07) is 87.7. The van der Waals surface area contributed by atoms with E-state index in [1.54, 1.807) is 0 Å². The van der Waals surface area contributed by atoms with Crippen LogP contribution in [0.1, 0.15) is 58.7 Å². The highest BCUT2D eigenvalue weighted by Gasteiger charge is 2.53. The van der Waals surface area contributed by atoms with Crippen LogP contribution in [0.25, 0.3) is 22.3 Å². The van der Waals surface area contributed by atoms with Crippen LogP contribution in [0, 0.1) is 20.8 Å². The number of hydrogen-bond donors (Lipinski definition) is 1. The predicted octanol–water partition coefficient (Wildman–Crippen LogP) is 21.1. The molecule has 0 amide bonds. The Labute approximate surface area is 478 Å². The Balaban J connectivity index is 0.00000117. The zero-order chi connectivity index (χ0) is 54.9. The summed E-state index contributed by atoms with van der Waals surface area (Å²) < 4.78 is 0. The van der Waals surface area contributed by atoms with Crippen molar-refractivity contribution in [3.05, 3.63) is 335 Å². The Morgan fingerprint density at radius 1 is 0.346 bits per heavy atom. The first kappa shape index (κ1) is 50.6. The van der Waals surface area contributed by atoms with Gasteiger partial charge in [0.15, 0.2) is 0 Å². The quantitative estimate of drug-likeness (QED) is 0.139. The Kier molecular flexibility index (Phi) is 13.6. The lowest BCUT2D eigenvalue weighted by atomic mass is 9.70. The van der Waals surface area contributed by atoms with Crippen molar-refractivity contribution in [3.63, 3.8) is 0 Å². The van der Waals surface area contributed by atoms with E-state index in [4.69, 9.17) is 0 Å². The molecule has 392 valence electrons. The van der Waals surface area contributed by atoms with Crippen LogP contribution >= 0.6 is 0 Å². The van der Waals surface area contributed by atoms with E-state index in [2.05, 4.69) is 333 Å². The van der Waals surface area contributed by atoms with Crippen molar-refractivity contribution in [1.29, 1.82) is 0 Å². The molecule has 81 heavy (non-hydrogen) atoms. The first-order valence-corrected chi connectivity index (χ1v) is 28.3. The predicted molar refractivity (Wildman–Crippen MR) is 343 cm³/mol. The van der Waals surface area contributed by atoms with Crippen molar-refractivity contribution in [2.75, 3.05) is 20.0 Å². The zero-order valence-electron chi connectivity index (χ0n) is 46.4. The molecule has 4 aliphatic carbocycles. The molecule has 4 nitrogen and oxygen atoms in total. The van der Waals surface area contributed by atoms with Crippen molar-refractivity contribution in [1.82, 2.24) is 0 Å². The standard InChI is InChI=1S/C72H58N4.C5H6/c1-49-18-15-29-58(34-32-49)74(55-23-8-5-9-24-55)61-35-39-66-67-41-37-63(76(57-27-12-7-13-28-57)60-31-17-21-52(4)44-60)48-71(67)72(69(66)46-61)68-45-54(73-53-22-14-19-50(2)42-53)33-38-64(68)65-40-36-62(47-70(65)72)75(56-25-10-6-11-26-56)59-30-16-20-51(3)43-59;1-2-4-5-3-1/h5-33,35-48,73H,34H2,1-4H3;1-4H,5H2. The van der Waals surface area contributed by atoms with Crippen LogP contribution < -0.4 is 20.0 Å². The number of allylic oxidation sites excluding steroid dienone is 9. The number of aryl methyl sites for hydroxylation is 3. The first-order valence-electron chi connectivity index (χ1n) is 28.3. The van der Waals surface area contributed by atoms with Crippen molar-refractivity contribution in [2.24, 2.45) is 0 Å². The highest BCUT2D eigenvalue weighted by atomic mass is 15.2.